The van der Waals surface area contributed by atoms with E-state index in [-0.39, 0.29) is 23.2 Å². The monoisotopic (exact) mass is 333 g/mol. The highest BCUT2D eigenvalue weighted by Gasteiger charge is 2.46. The molecular formula is C19H31N3O2. The molecular weight excluding hydrogens is 302 g/mol. The summed E-state index contributed by atoms with van der Waals surface area (Å²) < 4.78 is 5.65. The van der Waals surface area contributed by atoms with Crippen molar-refractivity contribution in [3.05, 3.63) is 30.3 Å². The van der Waals surface area contributed by atoms with E-state index in [1.165, 1.54) is 0 Å². The van der Waals surface area contributed by atoms with Gasteiger partial charge in [-0.3, -0.25) is 0 Å². The first-order valence-electron chi connectivity index (χ1n) is 8.74. The third-order valence-corrected chi connectivity index (χ3v) is 4.55. The molecule has 1 aliphatic heterocycles. The highest BCUT2D eigenvalue weighted by molar-refractivity contribution is 5.76. The summed E-state index contributed by atoms with van der Waals surface area (Å²) in [5.74, 6) is 0.858. The first-order valence-corrected chi connectivity index (χ1v) is 8.74. The minimum absolute atomic E-state index is 0.0170. The summed E-state index contributed by atoms with van der Waals surface area (Å²) in [6.45, 7) is 9.54. The number of nitrogens with zero attached hydrogens (tertiary/aromatic N) is 1. The normalized spacial score (nSPS) is 19.8. The fraction of sp³-hybridized carbons (Fsp3) is 0.632. The van der Waals surface area contributed by atoms with E-state index in [0.29, 0.717) is 13.2 Å². The van der Waals surface area contributed by atoms with Gasteiger partial charge >= 0.3 is 6.03 Å². The average molecular weight is 333 g/mol. The summed E-state index contributed by atoms with van der Waals surface area (Å²) in [6, 6.07) is 9.84. The third kappa shape index (κ3) is 4.63. The van der Waals surface area contributed by atoms with Gasteiger partial charge in [-0.1, -0.05) is 18.2 Å². The van der Waals surface area contributed by atoms with Crippen LogP contribution in [0.1, 0.15) is 47.0 Å². The van der Waals surface area contributed by atoms with Crippen LogP contribution in [0.5, 0.6) is 5.75 Å². The van der Waals surface area contributed by atoms with Crippen LogP contribution >= 0.6 is 0 Å². The van der Waals surface area contributed by atoms with E-state index >= 15 is 0 Å². The van der Waals surface area contributed by atoms with Gasteiger partial charge in [0.25, 0.3) is 0 Å². The zero-order valence-electron chi connectivity index (χ0n) is 15.3. The van der Waals surface area contributed by atoms with E-state index in [4.69, 9.17) is 10.5 Å². The quantitative estimate of drug-likeness (QED) is 0.814. The van der Waals surface area contributed by atoms with Gasteiger partial charge in [0, 0.05) is 23.7 Å². The van der Waals surface area contributed by atoms with Crippen molar-refractivity contribution in [3.63, 3.8) is 0 Å². The molecule has 1 saturated heterocycles. The van der Waals surface area contributed by atoms with Crippen LogP contribution in [-0.2, 0) is 0 Å². The average Bonchev–Trinajstić information content (AvgIpc) is 2.44. The minimum atomic E-state index is -0.244. The molecule has 5 heteroatoms. The van der Waals surface area contributed by atoms with Crippen molar-refractivity contribution in [2.45, 2.75) is 64.1 Å². The first-order chi connectivity index (χ1) is 11.2. The second kappa shape index (κ2) is 7.43. The highest BCUT2D eigenvalue weighted by Crippen LogP contribution is 2.37. The largest absolute Gasteiger partial charge is 0.494 e. The van der Waals surface area contributed by atoms with Gasteiger partial charge in [0.2, 0.25) is 0 Å². The smallest absolute Gasteiger partial charge is 0.318 e. The number of para-hydroxylation sites is 1. The van der Waals surface area contributed by atoms with Gasteiger partial charge in [0.15, 0.2) is 0 Å². The summed E-state index contributed by atoms with van der Waals surface area (Å²) in [5.41, 5.74) is 5.68. The summed E-state index contributed by atoms with van der Waals surface area (Å²) in [4.78, 5) is 14.7. The number of likely N-dealkylation sites (tertiary alicyclic amines) is 1. The lowest BCUT2D eigenvalue weighted by atomic mass is 9.77. The number of ether oxygens (including phenoxy) is 1. The van der Waals surface area contributed by atoms with Gasteiger partial charge in [-0.2, -0.15) is 0 Å². The Hall–Kier alpha value is -1.75. The van der Waals surface area contributed by atoms with Gasteiger partial charge in [-0.15, -0.1) is 0 Å². The molecule has 5 nitrogen and oxygen atoms in total. The molecule has 0 spiro atoms. The lowest BCUT2D eigenvalue weighted by molar-refractivity contribution is 0.00313. The van der Waals surface area contributed by atoms with Crippen LogP contribution in [0.15, 0.2) is 30.3 Å². The number of nitrogens with two attached hydrogens (primary N) is 1. The van der Waals surface area contributed by atoms with E-state index in [1.54, 1.807) is 0 Å². The standard InChI is InChI=1S/C19H31N3O2/c1-18(2)13-15(20)14-19(3,4)22(18)17(23)21-11-8-12-24-16-9-6-5-7-10-16/h5-7,9-10,15H,8,11-14,20H2,1-4H3,(H,21,23). The van der Waals surface area contributed by atoms with Crippen LogP contribution in [-0.4, -0.2) is 41.2 Å². The van der Waals surface area contributed by atoms with Crippen molar-refractivity contribution in [2.24, 2.45) is 5.73 Å². The van der Waals surface area contributed by atoms with Crippen LogP contribution in [0.2, 0.25) is 0 Å². The zero-order chi connectivity index (χ0) is 17.8. The van der Waals surface area contributed by atoms with E-state index in [9.17, 15) is 4.79 Å². The Labute approximate surface area is 145 Å². The Kier molecular flexibility index (Phi) is 5.75. The maximum Gasteiger partial charge on any atom is 0.318 e. The van der Waals surface area contributed by atoms with Crippen molar-refractivity contribution in [2.75, 3.05) is 13.2 Å². The number of nitrogens with one attached hydrogen (secondary N) is 1. The predicted octanol–water partition coefficient (Wildman–Crippen LogP) is 3.15. The molecule has 2 amide bonds. The van der Waals surface area contributed by atoms with E-state index < -0.39 is 0 Å². The van der Waals surface area contributed by atoms with Crippen molar-refractivity contribution >= 4 is 6.03 Å². The van der Waals surface area contributed by atoms with Gasteiger partial charge < -0.3 is 20.7 Å². The van der Waals surface area contributed by atoms with Crippen LogP contribution in [0, 0.1) is 0 Å². The molecule has 134 valence electrons. The number of hydrogen-bond donors (Lipinski definition) is 2. The van der Waals surface area contributed by atoms with Crippen LogP contribution in [0.25, 0.3) is 0 Å². The van der Waals surface area contributed by atoms with Crippen LogP contribution in [0.4, 0.5) is 4.79 Å². The molecule has 24 heavy (non-hydrogen) atoms. The van der Waals surface area contributed by atoms with Gasteiger partial charge in [-0.25, -0.2) is 4.79 Å². The van der Waals surface area contributed by atoms with E-state index in [1.807, 2.05) is 35.2 Å². The van der Waals surface area contributed by atoms with Crippen molar-refractivity contribution in [1.82, 2.24) is 10.2 Å². The number of carbonyl (C=O) groups excluding carboxylic acids is 1. The molecule has 0 radical (unpaired) electrons. The Bertz CT molecular complexity index is 525. The summed E-state index contributed by atoms with van der Waals surface area (Å²) in [5, 5.41) is 3.03. The first kappa shape index (κ1) is 18.6. The topological polar surface area (TPSA) is 67.6 Å². The Morgan fingerprint density at radius 1 is 1.21 bits per heavy atom. The summed E-state index contributed by atoms with van der Waals surface area (Å²) >= 11 is 0. The molecule has 0 saturated carbocycles. The van der Waals surface area contributed by atoms with Crippen molar-refractivity contribution in [3.8, 4) is 5.75 Å². The maximum absolute atomic E-state index is 12.7. The Morgan fingerprint density at radius 2 is 1.79 bits per heavy atom. The molecule has 3 N–H and O–H groups in total. The molecule has 0 aromatic heterocycles. The van der Waals surface area contributed by atoms with E-state index in [2.05, 4.69) is 33.0 Å². The molecule has 0 unspecified atom stereocenters. The van der Waals surface area contributed by atoms with Crippen molar-refractivity contribution < 1.29 is 9.53 Å². The number of piperidine rings is 1. The molecule has 1 aromatic carbocycles. The van der Waals surface area contributed by atoms with Crippen molar-refractivity contribution in [1.29, 1.82) is 0 Å². The molecule has 2 rings (SSSR count). The highest BCUT2D eigenvalue weighted by atomic mass is 16.5. The number of rotatable bonds is 5. The number of amides is 2. The van der Waals surface area contributed by atoms with Gasteiger partial charge in [-0.05, 0) is 59.1 Å². The van der Waals surface area contributed by atoms with Crippen LogP contribution in [0.3, 0.4) is 0 Å². The number of benzene rings is 1. The molecule has 0 atom stereocenters. The van der Waals surface area contributed by atoms with Gasteiger partial charge in [0.05, 0.1) is 6.61 Å². The molecule has 1 heterocycles. The lowest BCUT2D eigenvalue weighted by Crippen LogP contribution is -2.67. The Morgan fingerprint density at radius 3 is 2.38 bits per heavy atom. The maximum atomic E-state index is 12.7. The lowest BCUT2D eigenvalue weighted by Gasteiger charge is -2.54. The third-order valence-electron chi connectivity index (χ3n) is 4.55. The minimum Gasteiger partial charge on any atom is -0.494 e. The second-order valence-electron chi connectivity index (χ2n) is 7.88. The zero-order valence-corrected chi connectivity index (χ0v) is 15.3. The predicted molar refractivity (Wildman–Crippen MR) is 97.2 cm³/mol. The molecule has 1 fully saturated rings. The molecule has 0 bridgehead atoms. The van der Waals surface area contributed by atoms with Crippen LogP contribution < -0.4 is 15.8 Å². The molecule has 1 aromatic rings. The SMILES string of the molecule is CC1(C)CC(N)CC(C)(C)N1C(=O)NCCCOc1ccccc1. The molecule has 1 aliphatic rings. The number of urea groups is 1. The summed E-state index contributed by atoms with van der Waals surface area (Å²) in [7, 11) is 0. The van der Waals surface area contributed by atoms with E-state index in [0.717, 1.165) is 25.0 Å². The number of hydrogen-bond acceptors (Lipinski definition) is 3. The fourth-order valence-electron chi connectivity index (χ4n) is 3.96. The molecule has 0 aliphatic carbocycles. The second-order valence-corrected chi connectivity index (χ2v) is 7.88. The Balaban J connectivity index is 1.81. The van der Waals surface area contributed by atoms with Gasteiger partial charge in [0.1, 0.15) is 5.75 Å². The summed E-state index contributed by atoms with van der Waals surface area (Å²) in [6.07, 6.45) is 2.41. The number of carbonyl (C=O) groups is 1. The fourth-order valence-corrected chi connectivity index (χ4v) is 3.96.